The number of imidazole rings is 1. The van der Waals surface area contributed by atoms with Gasteiger partial charge < -0.3 is 25.4 Å². The summed E-state index contributed by atoms with van der Waals surface area (Å²) in [5.41, 5.74) is -5.73. The van der Waals surface area contributed by atoms with Crippen molar-refractivity contribution in [2.75, 3.05) is 0 Å². The summed E-state index contributed by atoms with van der Waals surface area (Å²) in [7, 11) is 0. The molecule has 1 aliphatic carbocycles. The summed E-state index contributed by atoms with van der Waals surface area (Å²) in [5.74, 6) is 0. The summed E-state index contributed by atoms with van der Waals surface area (Å²) >= 11 is 0. The van der Waals surface area contributed by atoms with Crippen molar-refractivity contribution in [1.29, 1.82) is 0 Å². The van der Waals surface area contributed by atoms with E-state index in [2.05, 4.69) is 10.3 Å². The van der Waals surface area contributed by atoms with Gasteiger partial charge in [0.1, 0.15) is 23.6 Å². The molecule has 1 amide bonds. The fraction of sp³-hybridized carbons (Fsp3) is 0.727. The number of carbonyl (C=O) groups is 1. The zero-order valence-corrected chi connectivity index (χ0v) is 19.9. The molecule has 188 valence electrons. The van der Waals surface area contributed by atoms with Crippen molar-refractivity contribution < 1.29 is 24.9 Å². The highest BCUT2D eigenvalue weighted by Gasteiger charge is 2.93. The molecule has 0 bridgehead atoms. The van der Waals surface area contributed by atoms with Crippen molar-refractivity contribution in [1.82, 2.24) is 24.0 Å². The molecule has 1 saturated heterocycles. The number of unbranched alkanes of at least 4 members (excludes halogenated alkanes) is 2. The minimum absolute atomic E-state index is 0.0637. The molecule has 0 aromatic carbocycles. The second-order valence-electron chi connectivity index (χ2n) is 9.72. The van der Waals surface area contributed by atoms with Crippen molar-refractivity contribution in [3.63, 3.8) is 0 Å². The predicted octanol–water partition coefficient (Wildman–Crippen LogP) is -0.576. The number of ether oxygens (including phenoxy) is 1. The number of carbonyl (C=O) groups excluding carboxylic acids is 1. The van der Waals surface area contributed by atoms with Crippen molar-refractivity contribution in [3.05, 3.63) is 27.2 Å². The average Bonchev–Trinajstić information content (AvgIpc) is 3.16. The Morgan fingerprint density at radius 1 is 1.15 bits per heavy atom. The highest BCUT2D eigenvalue weighted by atomic mass is 16.6. The molecule has 12 nitrogen and oxygen atoms in total. The number of nitrogens with one attached hydrogen (secondary N) is 1. The van der Waals surface area contributed by atoms with E-state index in [1.54, 1.807) is 13.8 Å². The monoisotopic (exact) mass is 479 g/mol. The highest BCUT2D eigenvalue weighted by Crippen LogP contribution is 2.75. The van der Waals surface area contributed by atoms with E-state index in [0.29, 0.717) is 19.4 Å². The number of nitrogens with zero attached hydrogens (tertiary/aromatic N) is 4. The predicted molar refractivity (Wildman–Crippen MR) is 121 cm³/mol. The Morgan fingerprint density at radius 3 is 2.35 bits per heavy atom. The molecule has 0 spiro atoms. The number of hydrogen-bond donors (Lipinski definition) is 4. The van der Waals surface area contributed by atoms with E-state index in [9.17, 15) is 29.7 Å². The molecule has 3 heterocycles. The fourth-order valence-corrected chi connectivity index (χ4v) is 5.44. The van der Waals surface area contributed by atoms with E-state index >= 15 is 0 Å². The minimum atomic E-state index is -1.91. The lowest BCUT2D eigenvalue weighted by atomic mass is 10.00. The molecule has 2 aromatic rings. The number of fused-ring (bicyclic) bond motifs is 2. The van der Waals surface area contributed by atoms with Crippen LogP contribution in [-0.4, -0.2) is 63.9 Å². The number of aliphatic hydroxyl groups excluding tert-OH is 1. The Morgan fingerprint density at radius 2 is 1.76 bits per heavy atom. The Labute approximate surface area is 195 Å². The Bertz CT molecular complexity index is 1220. The number of aliphatic hydroxyl groups is 3. The third kappa shape index (κ3) is 2.92. The molecule has 0 radical (unpaired) electrons. The van der Waals surface area contributed by atoms with Crippen molar-refractivity contribution in [2.24, 2.45) is 5.41 Å². The molecular formula is C22H33N5O7. The van der Waals surface area contributed by atoms with Gasteiger partial charge in [-0.15, -0.1) is 0 Å². The van der Waals surface area contributed by atoms with Gasteiger partial charge in [-0.2, -0.15) is 0 Å². The van der Waals surface area contributed by atoms with E-state index in [0.717, 1.165) is 12.8 Å². The van der Waals surface area contributed by atoms with Gasteiger partial charge in [-0.1, -0.05) is 40.5 Å². The summed E-state index contributed by atoms with van der Waals surface area (Å²) < 4.78 is 9.83. The summed E-state index contributed by atoms with van der Waals surface area (Å²) in [6.45, 7) is 7.77. The molecule has 4 rings (SSSR count). The zero-order valence-electron chi connectivity index (χ0n) is 19.9. The largest absolute Gasteiger partial charge is 0.383 e. The first kappa shape index (κ1) is 24.6. The number of aromatic nitrogens is 4. The normalized spacial score (nSPS) is 30.3. The number of rotatable bonds is 10. The van der Waals surface area contributed by atoms with E-state index in [-0.39, 0.29) is 24.1 Å². The molecule has 1 unspecified atom stereocenters. The second kappa shape index (κ2) is 8.29. The number of aryl methyl sites for hydroxylation is 1. The van der Waals surface area contributed by atoms with Gasteiger partial charge in [0.25, 0.3) is 5.56 Å². The quantitative estimate of drug-likeness (QED) is 0.260. The summed E-state index contributed by atoms with van der Waals surface area (Å²) in [5, 5.41) is 35.5. The van der Waals surface area contributed by atoms with Gasteiger partial charge in [0.2, 0.25) is 6.41 Å². The SMILES string of the molecule is CCCCn1c(=O)c2c(ncn2[C@@H]2O[C@H](C(O)NC=O)[C@]3(O)C(C)(C)[C@]23O)n(CCCC)c1=O. The summed E-state index contributed by atoms with van der Waals surface area (Å²) in [4.78, 5) is 41.8. The lowest BCUT2D eigenvalue weighted by Gasteiger charge is -2.30. The maximum absolute atomic E-state index is 13.5. The van der Waals surface area contributed by atoms with Crippen LogP contribution in [0.4, 0.5) is 0 Å². The summed E-state index contributed by atoms with van der Waals surface area (Å²) in [6, 6.07) is 0. The lowest BCUT2D eigenvalue weighted by Crippen LogP contribution is -2.49. The van der Waals surface area contributed by atoms with Crippen LogP contribution < -0.4 is 16.6 Å². The number of amides is 1. The molecule has 2 fully saturated rings. The third-order valence-electron chi connectivity index (χ3n) is 7.66. The van der Waals surface area contributed by atoms with Crippen molar-refractivity contribution in [3.8, 4) is 0 Å². The zero-order chi connectivity index (χ0) is 25.1. The highest BCUT2D eigenvalue weighted by molar-refractivity contribution is 5.70. The molecule has 4 N–H and O–H groups in total. The van der Waals surface area contributed by atoms with E-state index in [1.165, 1.54) is 20.0 Å². The lowest BCUT2D eigenvalue weighted by molar-refractivity contribution is -0.154. The van der Waals surface area contributed by atoms with E-state index in [4.69, 9.17) is 4.74 Å². The van der Waals surface area contributed by atoms with Crippen molar-refractivity contribution in [2.45, 2.75) is 96.2 Å². The first-order valence-corrected chi connectivity index (χ1v) is 11.7. The van der Waals surface area contributed by atoms with Crippen LogP contribution in [0.25, 0.3) is 11.2 Å². The van der Waals surface area contributed by atoms with Crippen LogP contribution in [0.1, 0.15) is 59.6 Å². The molecule has 2 aromatic heterocycles. The van der Waals surface area contributed by atoms with Crippen LogP contribution in [0.5, 0.6) is 0 Å². The molecule has 2 aliphatic rings. The molecule has 12 heteroatoms. The maximum Gasteiger partial charge on any atom is 0.332 e. The van der Waals surface area contributed by atoms with Crippen molar-refractivity contribution >= 4 is 17.6 Å². The van der Waals surface area contributed by atoms with Crippen LogP contribution in [0.2, 0.25) is 0 Å². The van der Waals surface area contributed by atoms with E-state index in [1.807, 2.05) is 13.8 Å². The third-order valence-corrected chi connectivity index (χ3v) is 7.66. The first-order chi connectivity index (χ1) is 16.0. The van der Waals surface area contributed by atoms with Crippen LogP contribution in [0, 0.1) is 5.41 Å². The second-order valence-corrected chi connectivity index (χ2v) is 9.72. The Hall–Kier alpha value is -2.54. The van der Waals surface area contributed by atoms with Crippen LogP contribution >= 0.6 is 0 Å². The van der Waals surface area contributed by atoms with Gasteiger partial charge >= 0.3 is 5.69 Å². The average molecular weight is 480 g/mol. The van der Waals surface area contributed by atoms with Gasteiger partial charge in [-0.3, -0.25) is 23.3 Å². The van der Waals surface area contributed by atoms with Crippen LogP contribution in [-0.2, 0) is 22.6 Å². The van der Waals surface area contributed by atoms with Crippen LogP contribution in [0.15, 0.2) is 15.9 Å². The first-order valence-electron chi connectivity index (χ1n) is 11.7. The molecule has 34 heavy (non-hydrogen) atoms. The molecule has 1 saturated carbocycles. The van der Waals surface area contributed by atoms with Gasteiger partial charge in [-0.05, 0) is 12.8 Å². The smallest absolute Gasteiger partial charge is 0.332 e. The van der Waals surface area contributed by atoms with Gasteiger partial charge in [0.15, 0.2) is 23.6 Å². The maximum atomic E-state index is 13.5. The number of hydrogen-bond acceptors (Lipinski definition) is 8. The molecule has 5 atom stereocenters. The van der Waals surface area contributed by atoms with Gasteiger partial charge in [-0.25, -0.2) is 9.78 Å². The Kier molecular flexibility index (Phi) is 6.00. The standard InChI is InChI=1S/C22H33N5O7/c1-5-7-9-25-15-13(17(30)26(19(25)31)10-8-6-2)27(11-23-15)18-22(33)20(3,4)21(22,32)14(34-18)16(29)24-12-28/h11-12,14,16,18,29,32-33H,5-10H2,1-4H3,(H,24,28)/t14-,16?,18-,21+,22-/m1/s1. The van der Waals surface area contributed by atoms with E-state index < -0.39 is 46.4 Å². The topological polar surface area (TPSA) is 161 Å². The molecule has 1 aliphatic heterocycles. The Balaban J connectivity index is 1.91. The fourth-order valence-electron chi connectivity index (χ4n) is 5.44. The molecular weight excluding hydrogens is 446 g/mol. The van der Waals surface area contributed by atoms with Gasteiger partial charge in [0, 0.05) is 18.5 Å². The minimum Gasteiger partial charge on any atom is -0.383 e. The van der Waals surface area contributed by atoms with Crippen LogP contribution in [0.3, 0.4) is 0 Å². The van der Waals surface area contributed by atoms with Gasteiger partial charge in [0.05, 0.1) is 0 Å². The summed E-state index contributed by atoms with van der Waals surface area (Å²) in [6.07, 6.45) is 0.263.